The molecule has 10 heteroatoms. The van der Waals surface area contributed by atoms with Crippen molar-refractivity contribution >= 4 is 18.1 Å². The first-order valence-electron chi connectivity index (χ1n) is 13.4. The molecule has 0 bridgehead atoms. The number of ether oxygens (including phenoxy) is 3. The number of carbonyl (C=O) groups excluding carboxylic acids is 3. The van der Waals surface area contributed by atoms with Crippen molar-refractivity contribution in [2.45, 2.75) is 63.2 Å². The summed E-state index contributed by atoms with van der Waals surface area (Å²) >= 11 is 0. The predicted octanol–water partition coefficient (Wildman–Crippen LogP) is 1.58. The van der Waals surface area contributed by atoms with E-state index in [1.807, 2.05) is 6.92 Å². The fourth-order valence-corrected chi connectivity index (χ4v) is 5.87. The van der Waals surface area contributed by atoms with Gasteiger partial charge in [0, 0.05) is 36.4 Å². The van der Waals surface area contributed by atoms with Crippen LogP contribution >= 0.6 is 0 Å². The van der Waals surface area contributed by atoms with E-state index in [1.54, 1.807) is 23.1 Å². The molecule has 0 aromatic heterocycles. The molecule has 1 aromatic carbocycles. The van der Waals surface area contributed by atoms with Gasteiger partial charge in [0.15, 0.2) is 11.5 Å². The fourth-order valence-electron chi connectivity index (χ4n) is 5.87. The van der Waals surface area contributed by atoms with Gasteiger partial charge < -0.3 is 34.6 Å². The number of amides is 2. The molecule has 1 heterocycles. The Morgan fingerprint density at radius 1 is 1.24 bits per heavy atom. The van der Waals surface area contributed by atoms with Gasteiger partial charge in [-0.15, -0.1) is 0 Å². The minimum atomic E-state index is -1.15. The van der Waals surface area contributed by atoms with E-state index in [0.717, 1.165) is 25.7 Å². The Morgan fingerprint density at radius 3 is 2.66 bits per heavy atom. The molecule has 3 aliphatic rings. The summed E-state index contributed by atoms with van der Waals surface area (Å²) in [6.45, 7) is 2.31. The third kappa shape index (κ3) is 5.72. The number of aldehydes is 1. The summed E-state index contributed by atoms with van der Waals surface area (Å²) in [5.74, 6) is -0.425. The summed E-state index contributed by atoms with van der Waals surface area (Å²) in [7, 11) is 1.46. The standard InChI is InChI=1S/C28H38N2O8/c1-3-37-16-23(33)30(14-17-7-5-4-6-8-17)21-13-20(28(35)29-9-10-31)24-19-11-18(15-32)12-22(36-2)26(19)38-27(24)25(21)34/h11-13,15,17,21,24-25,27,31,34H,3-10,14,16H2,1-2H3,(H,29,35)/t21-,24+,25+,27+/m1/s1. The number of rotatable bonds is 11. The van der Waals surface area contributed by atoms with Crippen molar-refractivity contribution in [1.29, 1.82) is 0 Å². The summed E-state index contributed by atoms with van der Waals surface area (Å²) in [5, 5.41) is 23.7. The minimum absolute atomic E-state index is 0.0429. The fraction of sp³-hybridized carbons (Fsp3) is 0.607. The van der Waals surface area contributed by atoms with E-state index in [4.69, 9.17) is 14.2 Å². The Bertz CT molecular complexity index is 1050. The van der Waals surface area contributed by atoms with Crippen molar-refractivity contribution < 1.29 is 38.8 Å². The average Bonchev–Trinajstić information content (AvgIpc) is 3.34. The van der Waals surface area contributed by atoms with Gasteiger partial charge in [0.25, 0.3) is 0 Å². The smallest absolute Gasteiger partial charge is 0.249 e. The molecule has 1 fully saturated rings. The third-order valence-corrected chi connectivity index (χ3v) is 7.70. The van der Waals surface area contributed by atoms with Crippen LogP contribution in [0, 0.1) is 5.92 Å². The average molecular weight is 531 g/mol. The highest BCUT2D eigenvalue weighted by atomic mass is 16.5. The second-order valence-electron chi connectivity index (χ2n) is 10.1. The highest BCUT2D eigenvalue weighted by Crippen LogP contribution is 2.51. The second kappa shape index (κ2) is 12.7. The molecule has 0 radical (unpaired) electrons. The molecule has 4 rings (SSSR count). The van der Waals surface area contributed by atoms with E-state index in [0.29, 0.717) is 47.6 Å². The zero-order valence-corrected chi connectivity index (χ0v) is 22.1. The van der Waals surface area contributed by atoms with Crippen LogP contribution in [0.4, 0.5) is 0 Å². The number of carbonyl (C=O) groups is 3. The Morgan fingerprint density at radius 2 is 2.00 bits per heavy atom. The largest absolute Gasteiger partial charge is 0.493 e. The van der Waals surface area contributed by atoms with E-state index in [9.17, 15) is 24.6 Å². The number of hydrogen-bond acceptors (Lipinski definition) is 8. The topological polar surface area (TPSA) is 135 Å². The number of nitrogens with zero attached hydrogens (tertiary/aromatic N) is 1. The third-order valence-electron chi connectivity index (χ3n) is 7.70. The molecule has 3 N–H and O–H groups in total. The Labute approximate surface area is 222 Å². The molecular weight excluding hydrogens is 492 g/mol. The summed E-state index contributed by atoms with van der Waals surface area (Å²) in [6, 6.07) is 2.35. The van der Waals surface area contributed by atoms with Crippen LogP contribution in [0.1, 0.15) is 60.9 Å². The molecule has 10 nitrogen and oxygen atoms in total. The van der Waals surface area contributed by atoms with Crippen molar-refractivity contribution in [2.24, 2.45) is 5.92 Å². The maximum atomic E-state index is 13.4. The van der Waals surface area contributed by atoms with Crippen molar-refractivity contribution in [3.05, 3.63) is 34.9 Å². The zero-order chi connectivity index (χ0) is 27.2. The van der Waals surface area contributed by atoms with Crippen LogP contribution in [0.2, 0.25) is 0 Å². The number of benzene rings is 1. The van der Waals surface area contributed by atoms with Crippen molar-refractivity contribution in [3.63, 3.8) is 0 Å². The van der Waals surface area contributed by atoms with Gasteiger partial charge in [0.1, 0.15) is 25.1 Å². The lowest BCUT2D eigenvalue weighted by molar-refractivity contribution is -0.143. The number of hydrogen-bond donors (Lipinski definition) is 3. The van der Waals surface area contributed by atoms with E-state index >= 15 is 0 Å². The maximum Gasteiger partial charge on any atom is 0.249 e. The Kier molecular flexibility index (Phi) is 9.40. The summed E-state index contributed by atoms with van der Waals surface area (Å²) in [6.07, 6.45) is 5.64. The van der Waals surface area contributed by atoms with E-state index < -0.39 is 30.1 Å². The predicted molar refractivity (Wildman–Crippen MR) is 138 cm³/mol. The molecule has 1 saturated carbocycles. The van der Waals surface area contributed by atoms with Crippen LogP contribution in [-0.2, 0) is 14.3 Å². The van der Waals surface area contributed by atoms with Crippen molar-refractivity contribution in [1.82, 2.24) is 10.2 Å². The van der Waals surface area contributed by atoms with Crippen molar-refractivity contribution in [3.8, 4) is 11.5 Å². The first-order valence-corrected chi connectivity index (χ1v) is 13.4. The van der Waals surface area contributed by atoms with E-state index in [-0.39, 0.29) is 31.6 Å². The monoisotopic (exact) mass is 530 g/mol. The lowest BCUT2D eigenvalue weighted by atomic mass is 9.77. The quantitative estimate of drug-likeness (QED) is 0.367. The van der Waals surface area contributed by atoms with Gasteiger partial charge in [-0.3, -0.25) is 14.4 Å². The van der Waals surface area contributed by atoms with Gasteiger partial charge >= 0.3 is 0 Å². The molecule has 0 spiro atoms. The van der Waals surface area contributed by atoms with Crippen LogP contribution in [0.3, 0.4) is 0 Å². The summed E-state index contributed by atoms with van der Waals surface area (Å²) in [4.78, 5) is 40.0. The van der Waals surface area contributed by atoms with E-state index in [2.05, 4.69) is 5.32 Å². The summed E-state index contributed by atoms with van der Waals surface area (Å²) < 4.78 is 17.1. The molecule has 208 valence electrons. The molecular formula is C28H38N2O8. The second-order valence-corrected chi connectivity index (χ2v) is 10.1. The highest BCUT2D eigenvalue weighted by molar-refractivity contribution is 5.96. The van der Waals surface area contributed by atoms with Gasteiger partial charge in [0.05, 0.1) is 25.7 Å². The molecule has 2 amide bonds. The van der Waals surface area contributed by atoms with Gasteiger partial charge in [0.2, 0.25) is 11.8 Å². The minimum Gasteiger partial charge on any atom is -0.493 e. The van der Waals surface area contributed by atoms with Gasteiger partial charge in [-0.05, 0) is 43.9 Å². The van der Waals surface area contributed by atoms with Crippen LogP contribution in [0.5, 0.6) is 11.5 Å². The molecule has 1 aromatic rings. The van der Waals surface area contributed by atoms with Crippen LogP contribution in [0.25, 0.3) is 0 Å². The zero-order valence-electron chi connectivity index (χ0n) is 22.1. The summed E-state index contributed by atoms with van der Waals surface area (Å²) in [5.41, 5.74) is 1.21. The first kappa shape index (κ1) is 28.1. The van der Waals surface area contributed by atoms with Crippen LogP contribution in [0.15, 0.2) is 23.8 Å². The van der Waals surface area contributed by atoms with E-state index in [1.165, 1.54) is 13.5 Å². The van der Waals surface area contributed by atoms with Gasteiger partial charge in [-0.1, -0.05) is 19.3 Å². The van der Waals surface area contributed by atoms with Crippen LogP contribution < -0.4 is 14.8 Å². The maximum absolute atomic E-state index is 13.4. The highest BCUT2D eigenvalue weighted by Gasteiger charge is 2.51. The number of aliphatic hydroxyl groups is 2. The molecule has 0 saturated heterocycles. The Balaban J connectivity index is 1.76. The van der Waals surface area contributed by atoms with Crippen molar-refractivity contribution in [2.75, 3.05) is 40.0 Å². The van der Waals surface area contributed by atoms with Gasteiger partial charge in [-0.2, -0.15) is 0 Å². The number of fused-ring (bicyclic) bond motifs is 3. The number of aliphatic hydroxyl groups excluding tert-OH is 2. The molecule has 1 aliphatic heterocycles. The van der Waals surface area contributed by atoms with Crippen LogP contribution in [-0.4, -0.2) is 91.5 Å². The lowest BCUT2D eigenvalue weighted by Gasteiger charge is -2.42. The molecule has 38 heavy (non-hydrogen) atoms. The first-order chi connectivity index (χ1) is 18.4. The molecule has 2 aliphatic carbocycles. The SMILES string of the molecule is CCOCC(=O)N(CC1CCCCC1)[C@@H]1C=C(C(=O)NCCO)[C@@H]2c3cc(C=O)cc(OC)c3O[C@@H]2[C@H]1O. The normalized spacial score (nSPS) is 24.5. The lowest BCUT2D eigenvalue weighted by Crippen LogP contribution is -2.57. The number of nitrogens with one attached hydrogen (secondary N) is 1. The number of methoxy groups -OCH3 is 1. The Hall–Kier alpha value is -2.95. The molecule has 4 atom stereocenters. The molecule has 0 unspecified atom stereocenters. The van der Waals surface area contributed by atoms with Gasteiger partial charge in [-0.25, -0.2) is 0 Å².